The molecule has 1 heterocycles. The van der Waals surface area contributed by atoms with Gasteiger partial charge in [-0.3, -0.25) is 4.79 Å². The van der Waals surface area contributed by atoms with Gasteiger partial charge in [-0.25, -0.2) is 0 Å². The molecule has 1 aromatic heterocycles. The van der Waals surface area contributed by atoms with Gasteiger partial charge in [0.05, 0.1) is 5.75 Å². The molecule has 2 aromatic carbocycles. The van der Waals surface area contributed by atoms with Gasteiger partial charge in [0.2, 0.25) is 5.91 Å². The minimum Gasteiger partial charge on any atom is -0.483 e. The number of nitrogens with one attached hydrogen (secondary N) is 1. The fourth-order valence-electron chi connectivity index (χ4n) is 3.47. The Kier molecular flexibility index (Phi) is 7.29. The van der Waals surface area contributed by atoms with E-state index in [9.17, 15) is 4.79 Å². The molecular formula is C25H32N4O2S. The molecule has 0 radical (unpaired) electrons. The average molecular weight is 453 g/mol. The highest BCUT2D eigenvalue weighted by Crippen LogP contribution is 2.27. The fraction of sp³-hybridized carbons (Fsp3) is 0.400. The standard InChI is InChI=1S/C25H32N4O2S/c1-16-12-17(2)14-20(13-16)26-22(30)15-32-24-28-27-23(29(24)7)18(3)31-21-10-8-19(9-11-21)25(4,5)6/h8-14,18H,15H2,1-7H3,(H,26,30). The van der Waals surface area contributed by atoms with E-state index >= 15 is 0 Å². The highest BCUT2D eigenvalue weighted by Gasteiger charge is 2.19. The number of benzene rings is 2. The Morgan fingerprint density at radius 2 is 1.72 bits per heavy atom. The quantitative estimate of drug-likeness (QED) is 0.473. The number of hydrogen-bond acceptors (Lipinski definition) is 5. The highest BCUT2D eigenvalue weighted by molar-refractivity contribution is 7.99. The molecule has 0 spiro atoms. The first-order chi connectivity index (χ1) is 15.0. The van der Waals surface area contributed by atoms with Crippen molar-refractivity contribution < 1.29 is 9.53 Å². The second kappa shape index (κ2) is 9.77. The van der Waals surface area contributed by atoms with Crippen molar-refractivity contribution in [3.05, 3.63) is 65.0 Å². The lowest BCUT2D eigenvalue weighted by molar-refractivity contribution is -0.113. The maximum absolute atomic E-state index is 12.4. The van der Waals surface area contributed by atoms with Gasteiger partial charge in [0.25, 0.3) is 0 Å². The first kappa shape index (κ1) is 23.9. The third kappa shape index (κ3) is 6.13. The van der Waals surface area contributed by atoms with Gasteiger partial charge < -0.3 is 14.6 Å². The second-order valence-electron chi connectivity index (χ2n) is 9.15. The number of aromatic nitrogens is 3. The predicted octanol–water partition coefficient (Wildman–Crippen LogP) is 5.60. The summed E-state index contributed by atoms with van der Waals surface area (Å²) in [5.74, 6) is 1.67. The molecule has 1 unspecified atom stereocenters. The van der Waals surface area contributed by atoms with Crippen LogP contribution in [0.4, 0.5) is 5.69 Å². The number of thioether (sulfide) groups is 1. The number of carbonyl (C=O) groups excluding carboxylic acids is 1. The van der Waals surface area contributed by atoms with E-state index in [4.69, 9.17) is 4.74 Å². The Bertz CT molecular complexity index is 1060. The number of hydrogen-bond donors (Lipinski definition) is 1. The summed E-state index contributed by atoms with van der Waals surface area (Å²) in [5.41, 5.74) is 4.41. The Balaban J connectivity index is 1.58. The van der Waals surface area contributed by atoms with Crippen molar-refractivity contribution in [1.29, 1.82) is 0 Å². The number of carbonyl (C=O) groups is 1. The first-order valence-electron chi connectivity index (χ1n) is 10.7. The summed E-state index contributed by atoms with van der Waals surface area (Å²) >= 11 is 1.35. The van der Waals surface area contributed by atoms with Crippen LogP contribution in [0.3, 0.4) is 0 Å². The Morgan fingerprint density at radius 1 is 1.09 bits per heavy atom. The fourth-order valence-corrected chi connectivity index (χ4v) is 4.19. The zero-order valence-corrected chi connectivity index (χ0v) is 20.7. The van der Waals surface area contributed by atoms with Crippen LogP contribution in [0.2, 0.25) is 0 Å². The van der Waals surface area contributed by atoms with E-state index in [0.29, 0.717) is 11.0 Å². The van der Waals surface area contributed by atoms with Gasteiger partial charge in [-0.2, -0.15) is 0 Å². The molecule has 0 aliphatic heterocycles. The second-order valence-corrected chi connectivity index (χ2v) is 10.1. The molecule has 0 bridgehead atoms. The molecule has 0 aliphatic carbocycles. The molecular weight excluding hydrogens is 420 g/mol. The molecule has 3 rings (SSSR count). The molecule has 6 nitrogen and oxygen atoms in total. The van der Waals surface area contributed by atoms with Crippen molar-refractivity contribution in [2.24, 2.45) is 7.05 Å². The van der Waals surface area contributed by atoms with E-state index < -0.39 is 0 Å². The van der Waals surface area contributed by atoms with Gasteiger partial charge in [-0.1, -0.05) is 50.7 Å². The van der Waals surface area contributed by atoms with E-state index in [1.54, 1.807) is 0 Å². The largest absolute Gasteiger partial charge is 0.483 e. The molecule has 32 heavy (non-hydrogen) atoms. The van der Waals surface area contributed by atoms with Gasteiger partial charge >= 0.3 is 0 Å². The van der Waals surface area contributed by atoms with Crippen molar-refractivity contribution >= 4 is 23.4 Å². The maximum Gasteiger partial charge on any atom is 0.234 e. The number of anilines is 1. The van der Waals surface area contributed by atoms with Gasteiger partial charge in [0.1, 0.15) is 5.75 Å². The Hall–Kier alpha value is -2.80. The number of ether oxygens (including phenoxy) is 1. The highest BCUT2D eigenvalue weighted by atomic mass is 32.2. The number of aryl methyl sites for hydroxylation is 2. The van der Waals surface area contributed by atoms with Crippen LogP contribution in [-0.2, 0) is 17.3 Å². The lowest BCUT2D eigenvalue weighted by Crippen LogP contribution is -2.15. The van der Waals surface area contributed by atoms with E-state index in [-0.39, 0.29) is 23.2 Å². The third-order valence-electron chi connectivity index (χ3n) is 5.10. The number of nitrogens with zero attached hydrogens (tertiary/aromatic N) is 3. The third-order valence-corrected chi connectivity index (χ3v) is 6.12. The van der Waals surface area contributed by atoms with Crippen molar-refractivity contribution in [3.8, 4) is 5.75 Å². The minimum absolute atomic E-state index is 0.0761. The van der Waals surface area contributed by atoms with Crippen LogP contribution in [0, 0.1) is 13.8 Å². The molecule has 170 valence electrons. The van der Waals surface area contributed by atoms with E-state index in [1.165, 1.54) is 17.3 Å². The molecule has 3 aromatic rings. The lowest BCUT2D eigenvalue weighted by atomic mass is 9.87. The van der Waals surface area contributed by atoms with Crippen LogP contribution in [0.1, 0.15) is 56.3 Å². The van der Waals surface area contributed by atoms with Crippen LogP contribution in [0.25, 0.3) is 0 Å². The van der Waals surface area contributed by atoms with Crippen LogP contribution < -0.4 is 10.1 Å². The van der Waals surface area contributed by atoms with Crippen molar-refractivity contribution in [2.75, 3.05) is 11.1 Å². The van der Waals surface area contributed by atoms with Gasteiger partial charge in [0, 0.05) is 12.7 Å². The summed E-state index contributed by atoms with van der Waals surface area (Å²) in [6.45, 7) is 12.5. The molecule has 1 amide bonds. The molecule has 7 heteroatoms. The summed E-state index contributed by atoms with van der Waals surface area (Å²) in [6.07, 6.45) is -0.272. The van der Waals surface area contributed by atoms with Crippen molar-refractivity contribution in [2.45, 2.75) is 58.2 Å². The molecule has 0 saturated carbocycles. The topological polar surface area (TPSA) is 69.0 Å². The minimum atomic E-state index is -0.272. The number of rotatable bonds is 7. The zero-order chi connectivity index (χ0) is 23.5. The monoisotopic (exact) mass is 452 g/mol. The molecule has 0 fully saturated rings. The van der Waals surface area contributed by atoms with Gasteiger partial charge in [-0.05, 0) is 67.1 Å². The normalized spacial score (nSPS) is 12.5. The summed E-state index contributed by atoms with van der Waals surface area (Å²) in [4.78, 5) is 12.4. The lowest BCUT2D eigenvalue weighted by Gasteiger charge is -2.20. The maximum atomic E-state index is 12.4. The Morgan fingerprint density at radius 3 is 2.31 bits per heavy atom. The zero-order valence-electron chi connectivity index (χ0n) is 19.9. The van der Waals surface area contributed by atoms with E-state index in [0.717, 1.165) is 22.6 Å². The van der Waals surface area contributed by atoms with Gasteiger partial charge in [-0.15, -0.1) is 10.2 Å². The molecule has 1 atom stereocenters. The van der Waals surface area contributed by atoms with Crippen LogP contribution in [0.5, 0.6) is 5.75 Å². The molecule has 0 saturated heterocycles. The predicted molar refractivity (Wildman–Crippen MR) is 130 cm³/mol. The average Bonchev–Trinajstić information content (AvgIpc) is 3.06. The summed E-state index contributed by atoms with van der Waals surface area (Å²) < 4.78 is 7.96. The summed E-state index contributed by atoms with van der Waals surface area (Å²) in [5, 5.41) is 12.2. The van der Waals surface area contributed by atoms with E-state index in [2.05, 4.69) is 54.5 Å². The first-order valence-corrected chi connectivity index (χ1v) is 11.7. The molecule has 0 aliphatic rings. The van der Waals surface area contributed by atoms with Gasteiger partial charge in [0.15, 0.2) is 17.1 Å². The SMILES string of the molecule is Cc1cc(C)cc(NC(=O)CSc2nnc(C(C)Oc3ccc(C(C)(C)C)cc3)n2C)c1. The van der Waals surface area contributed by atoms with E-state index in [1.807, 2.05) is 56.7 Å². The van der Waals surface area contributed by atoms with Crippen LogP contribution in [-0.4, -0.2) is 26.4 Å². The summed E-state index contributed by atoms with van der Waals surface area (Å²) in [6, 6.07) is 14.2. The van der Waals surface area contributed by atoms with Crippen LogP contribution >= 0.6 is 11.8 Å². The summed E-state index contributed by atoms with van der Waals surface area (Å²) in [7, 11) is 1.89. The number of amides is 1. The molecule has 1 N–H and O–H groups in total. The van der Waals surface area contributed by atoms with Crippen molar-refractivity contribution in [1.82, 2.24) is 14.8 Å². The Labute approximate surface area is 194 Å². The van der Waals surface area contributed by atoms with Crippen LogP contribution in [0.15, 0.2) is 47.6 Å². The smallest absolute Gasteiger partial charge is 0.234 e. The van der Waals surface area contributed by atoms with Crippen molar-refractivity contribution in [3.63, 3.8) is 0 Å².